The van der Waals surface area contributed by atoms with Gasteiger partial charge in [-0.1, -0.05) is 30.3 Å². The Labute approximate surface area is 137 Å². The molecule has 3 aromatic rings. The van der Waals surface area contributed by atoms with Crippen LogP contribution < -0.4 is 10.9 Å². The number of aryl methyl sites for hydroxylation is 1. The van der Waals surface area contributed by atoms with Crippen molar-refractivity contribution in [3.63, 3.8) is 0 Å². The predicted octanol–water partition coefficient (Wildman–Crippen LogP) is 0.543. The van der Waals surface area contributed by atoms with E-state index in [0.717, 1.165) is 10.2 Å². The summed E-state index contributed by atoms with van der Waals surface area (Å²) in [5.74, 6) is -0.369. The van der Waals surface area contributed by atoms with E-state index in [1.807, 2.05) is 30.3 Å². The minimum atomic E-state index is -0.369. The standard InChI is InChI=1S/C16H16N6O2/c1-21-15(23)8-7-13(20-21)16(24)19-14(11-22-17-9-10-18-22)12-5-3-2-4-6-12/h2-10,14H,11H2,1H3,(H,19,24). The third kappa shape index (κ3) is 3.54. The van der Waals surface area contributed by atoms with Crippen LogP contribution in [-0.2, 0) is 13.6 Å². The zero-order valence-electron chi connectivity index (χ0n) is 13.0. The van der Waals surface area contributed by atoms with Gasteiger partial charge in [0.1, 0.15) is 5.69 Å². The van der Waals surface area contributed by atoms with E-state index in [1.54, 1.807) is 12.4 Å². The van der Waals surface area contributed by atoms with E-state index in [1.165, 1.54) is 24.0 Å². The van der Waals surface area contributed by atoms with E-state index in [0.29, 0.717) is 6.54 Å². The van der Waals surface area contributed by atoms with Crippen molar-refractivity contribution in [2.45, 2.75) is 12.6 Å². The van der Waals surface area contributed by atoms with E-state index in [2.05, 4.69) is 20.6 Å². The molecular weight excluding hydrogens is 308 g/mol. The van der Waals surface area contributed by atoms with Crippen LogP contribution in [-0.4, -0.2) is 30.7 Å². The van der Waals surface area contributed by atoms with E-state index < -0.39 is 0 Å². The first-order valence-corrected chi connectivity index (χ1v) is 7.38. The maximum absolute atomic E-state index is 12.5. The third-order valence-electron chi connectivity index (χ3n) is 3.51. The van der Waals surface area contributed by atoms with Gasteiger partial charge in [0, 0.05) is 13.1 Å². The number of hydrogen-bond acceptors (Lipinski definition) is 5. The minimum absolute atomic E-state index is 0.173. The van der Waals surface area contributed by atoms with E-state index in [4.69, 9.17) is 0 Å². The number of aromatic nitrogens is 5. The molecule has 2 heterocycles. The molecule has 0 saturated heterocycles. The SMILES string of the molecule is Cn1nc(C(=O)NC(Cn2nccn2)c2ccccc2)ccc1=O. The highest BCUT2D eigenvalue weighted by Crippen LogP contribution is 2.14. The van der Waals surface area contributed by atoms with Gasteiger partial charge in [-0.3, -0.25) is 9.59 Å². The summed E-state index contributed by atoms with van der Waals surface area (Å²) in [5, 5.41) is 15.0. The smallest absolute Gasteiger partial charge is 0.272 e. The Morgan fingerprint density at radius 3 is 2.50 bits per heavy atom. The predicted molar refractivity (Wildman–Crippen MR) is 86.1 cm³/mol. The topological polar surface area (TPSA) is 94.7 Å². The van der Waals surface area contributed by atoms with Crippen molar-refractivity contribution in [2.24, 2.45) is 7.05 Å². The highest BCUT2D eigenvalue weighted by molar-refractivity contribution is 5.92. The monoisotopic (exact) mass is 324 g/mol. The van der Waals surface area contributed by atoms with Gasteiger partial charge in [-0.15, -0.1) is 0 Å². The Bertz CT molecular complexity index is 873. The molecule has 8 nitrogen and oxygen atoms in total. The van der Waals surface area contributed by atoms with Crippen molar-refractivity contribution in [2.75, 3.05) is 0 Å². The number of hydrogen-bond donors (Lipinski definition) is 1. The summed E-state index contributed by atoms with van der Waals surface area (Å²) in [5.41, 5.74) is 0.825. The average molecular weight is 324 g/mol. The van der Waals surface area contributed by atoms with Crippen molar-refractivity contribution in [3.05, 3.63) is 76.5 Å². The van der Waals surface area contributed by atoms with Crippen LogP contribution in [0, 0.1) is 0 Å². The summed E-state index contributed by atoms with van der Waals surface area (Å²) in [6, 6.07) is 11.9. The van der Waals surface area contributed by atoms with E-state index in [9.17, 15) is 9.59 Å². The first-order chi connectivity index (χ1) is 11.6. The van der Waals surface area contributed by atoms with E-state index in [-0.39, 0.29) is 23.2 Å². The number of amides is 1. The number of nitrogens with zero attached hydrogens (tertiary/aromatic N) is 5. The number of nitrogens with one attached hydrogen (secondary N) is 1. The molecule has 0 aliphatic rings. The molecule has 1 N–H and O–H groups in total. The molecule has 0 saturated carbocycles. The van der Waals surface area contributed by atoms with Gasteiger partial charge in [-0.05, 0) is 11.6 Å². The molecule has 0 radical (unpaired) electrons. The van der Waals surface area contributed by atoms with Gasteiger partial charge in [0.05, 0.1) is 25.0 Å². The Morgan fingerprint density at radius 1 is 1.12 bits per heavy atom. The quantitative estimate of drug-likeness (QED) is 0.739. The van der Waals surface area contributed by atoms with Gasteiger partial charge in [-0.2, -0.15) is 20.1 Å². The zero-order chi connectivity index (χ0) is 16.9. The molecule has 0 fully saturated rings. The lowest BCUT2D eigenvalue weighted by molar-refractivity contribution is 0.0923. The van der Waals surface area contributed by atoms with Gasteiger partial charge in [0.2, 0.25) is 0 Å². The second-order valence-corrected chi connectivity index (χ2v) is 5.20. The highest BCUT2D eigenvalue weighted by atomic mass is 16.2. The Morgan fingerprint density at radius 2 is 1.83 bits per heavy atom. The highest BCUT2D eigenvalue weighted by Gasteiger charge is 2.18. The Hall–Kier alpha value is -3.29. The summed E-state index contributed by atoms with van der Waals surface area (Å²) >= 11 is 0. The molecule has 0 aliphatic carbocycles. The maximum Gasteiger partial charge on any atom is 0.272 e. The molecule has 0 spiro atoms. The largest absolute Gasteiger partial charge is 0.342 e. The van der Waals surface area contributed by atoms with Gasteiger partial charge in [0.25, 0.3) is 11.5 Å². The van der Waals surface area contributed by atoms with Crippen LogP contribution in [0.25, 0.3) is 0 Å². The summed E-state index contributed by atoms with van der Waals surface area (Å²) in [6.07, 6.45) is 3.16. The molecule has 3 rings (SSSR count). The normalized spacial score (nSPS) is 11.9. The fourth-order valence-electron chi connectivity index (χ4n) is 2.28. The summed E-state index contributed by atoms with van der Waals surface area (Å²) in [4.78, 5) is 25.4. The molecule has 0 bridgehead atoms. The van der Waals surface area contributed by atoms with Crippen LogP contribution in [0.4, 0.5) is 0 Å². The molecule has 0 aliphatic heterocycles. The Balaban J connectivity index is 1.84. The van der Waals surface area contributed by atoms with Crippen LogP contribution in [0.5, 0.6) is 0 Å². The first-order valence-electron chi connectivity index (χ1n) is 7.38. The first kappa shape index (κ1) is 15.6. The zero-order valence-corrected chi connectivity index (χ0v) is 13.0. The van der Waals surface area contributed by atoms with Gasteiger partial charge in [-0.25, -0.2) is 4.68 Å². The fourth-order valence-corrected chi connectivity index (χ4v) is 2.28. The molecule has 1 amide bonds. The number of benzene rings is 1. The van der Waals surface area contributed by atoms with Crippen LogP contribution in [0.3, 0.4) is 0 Å². The van der Waals surface area contributed by atoms with Gasteiger partial charge < -0.3 is 5.32 Å². The lowest BCUT2D eigenvalue weighted by Crippen LogP contribution is -2.34. The molecule has 24 heavy (non-hydrogen) atoms. The van der Waals surface area contributed by atoms with E-state index >= 15 is 0 Å². The molecule has 1 atom stereocenters. The van der Waals surface area contributed by atoms with Crippen LogP contribution in [0.2, 0.25) is 0 Å². The van der Waals surface area contributed by atoms with Gasteiger partial charge in [0.15, 0.2) is 0 Å². The second-order valence-electron chi connectivity index (χ2n) is 5.20. The minimum Gasteiger partial charge on any atom is -0.342 e. The molecular formula is C16H16N6O2. The third-order valence-corrected chi connectivity index (χ3v) is 3.51. The van der Waals surface area contributed by atoms with Crippen LogP contribution >= 0.6 is 0 Å². The molecule has 1 unspecified atom stereocenters. The number of carbonyl (C=O) groups excluding carboxylic acids is 1. The van der Waals surface area contributed by atoms with Crippen molar-refractivity contribution < 1.29 is 4.79 Å². The van der Waals surface area contributed by atoms with Crippen molar-refractivity contribution in [3.8, 4) is 0 Å². The summed E-state index contributed by atoms with van der Waals surface area (Å²) in [6.45, 7) is 0.383. The fraction of sp³-hybridized carbons (Fsp3) is 0.188. The van der Waals surface area contributed by atoms with Crippen LogP contribution in [0.1, 0.15) is 22.1 Å². The summed E-state index contributed by atoms with van der Waals surface area (Å²) in [7, 11) is 1.50. The maximum atomic E-state index is 12.5. The summed E-state index contributed by atoms with van der Waals surface area (Å²) < 4.78 is 1.13. The van der Waals surface area contributed by atoms with Crippen molar-refractivity contribution in [1.82, 2.24) is 30.1 Å². The number of rotatable bonds is 5. The number of carbonyl (C=O) groups is 1. The van der Waals surface area contributed by atoms with Crippen molar-refractivity contribution >= 4 is 5.91 Å². The molecule has 122 valence electrons. The molecule has 1 aromatic carbocycles. The molecule has 8 heteroatoms. The van der Waals surface area contributed by atoms with Crippen LogP contribution in [0.15, 0.2) is 59.7 Å². The second kappa shape index (κ2) is 6.86. The lowest BCUT2D eigenvalue weighted by atomic mass is 10.1. The van der Waals surface area contributed by atoms with Gasteiger partial charge >= 0.3 is 0 Å². The lowest BCUT2D eigenvalue weighted by Gasteiger charge is -2.18. The van der Waals surface area contributed by atoms with Crippen molar-refractivity contribution in [1.29, 1.82) is 0 Å². The molecule has 2 aromatic heterocycles. The Kier molecular flexibility index (Phi) is 4.46. The average Bonchev–Trinajstić information content (AvgIpc) is 3.10.